The average Bonchev–Trinajstić information content (AvgIpc) is 3.58. The summed E-state index contributed by atoms with van der Waals surface area (Å²) in [5.74, 6) is 3.45. The number of carbonyl (C=O) groups is 2. The molecule has 2 heterocycles. The molecule has 0 radical (unpaired) electrons. The van der Waals surface area contributed by atoms with Gasteiger partial charge in [0.25, 0.3) is 0 Å². The Morgan fingerprint density at radius 2 is 1.65 bits per heavy atom. The lowest BCUT2D eigenvalue weighted by molar-refractivity contribution is -0.138. The molecule has 2 aliphatic heterocycles. The summed E-state index contributed by atoms with van der Waals surface area (Å²) in [5, 5.41) is 3.01. The Balaban J connectivity index is 0.00000112. The minimum Gasteiger partial charge on any atom is -0.340 e. The van der Waals surface area contributed by atoms with Crippen molar-refractivity contribution in [1.82, 2.24) is 15.1 Å². The van der Waals surface area contributed by atoms with Gasteiger partial charge in [0.1, 0.15) is 6.04 Å². The van der Waals surface area contributed by atoms with Gasteiger partial charge in [-0.05, 0) is 88.6 Å². The molecular formula is C30H51Cl2N3O2. The summed E-state index contributed by atoms with van der Waals surface area (Å²) in [5.41, 5.74) is 0.316. The SMILES string of the molecule is C/C=C(\C)C(=O)NC(C(=O)N1CCC(N2CCC(C(C)/C=C\CC3CC3)CC2)C1)C(C)(C)C.ClCCCl. The lowest BCUT2D eigenvalue weighted by atomic mass is 9.84. The number of nitrogens with zero attached hydrogens (tertiary/aromatic N) is 2. The number of hydrogen-bond acceptors (Lipinski definition) is 3. The molecule has 7 heteroatoms. The third kappa shape index (κ3) is 10.6. The monoisotopic (exact) mass is 555 g/mol. The highest BCUT2D eigenvalue weighted by atomic mass is 35.5. The highest BCUT2D eigenvalue weighted by Gasteiger charge is 2.40. The van der Waals surface area contributed by atoms with Gasteiger partial charge in [-0.25, -0.2) is 0 Å². The molecule has 3 atom stereocenters. The van der Waals surface area contributed by atoms with E-state index in [0.29, 0.717) is 29.3 Å². The minimum atomic E-state index is -0.507. The van der Waals surface area contributed by atoms with E-state index in [9.17, 15) is 9.59 Å². The van der Waals surface area contributed by atoms with Crippen LogP contribution in [0.15, 0.2) is 23.8 Å². The zero-order chi connectivity index (χ0) is 27.6. The first-order chi connectivity index (χ1) is 17.5. The first-order valence-corrected chi connectivity index (χ1v) is 15.3. The molecule has 0 bridgehead atoms. The van der Waals surface area contributed by atoms with Gasteiger partial charge in [0.2, 0.25) is 11.8 Å². The number of halogens is 2. The fourth-order valence-electron chi connectivity index (χ4n) is 5.25. The summed E-state index contributed by atoms with van der Waals surface area (Å²) in [6.07, 6.45) is 14.4. The van der Waals surface area contributed by atoms with Crippen LogP contribution in [-0.2, 0) is 9.59 Å². The van der Waals surface area contributed by atoms with E-state index in [1.165, 1.54) is 32.1 Å². The van der Waals surface area contributed by atoms with Crippen molar-refractivity contribution in [1.29, 1.82) is 0 Å². The van der Waals surface area contributed by atoms with E-state index >= 15 is 0 Å². The van der Waals surface area contributed by atoms with Crippen molar-refractivity contribution in [2.45, 2.75) is 92.2 Å². The standard InChI is InChI=1S/C28H47N3O2.C2H4Cl2/c1-7-20(2)26(32)29-25(28(4,5)6)27(33)31-18-15-24(19-31)30-16-13-23(14-17-30)21(3)9-8-10-22-11-12-22;3-1-2-4/h7-9,21-25H,10-19H2,1-6H3,(H,29,32);1-2H2/b9-8-,20-7+;. The second-order valence-corrected chi connectivity index (χ2v) is 12.9. The molecule has 3 aliphatic rings. The number of allylic oxidation sites excluding steroid dienone is 3. The number of nitrogens with one attached hydrogen (secondary N) is 1. The molecule has 212 valence electrons. The maximum atomic E-state index is 13.4. The Bertz CT molecular complexity index is 778. The third-order valence-corrected chi connectivity index (χ3v) is 8.74. The molecule has 3 rings (SSSR count). The van der Waals surface area contributed by atoms with Gasteiger partial charge in [0.05, 0.1) is 0 Å². The van der Waals surface area contributed by atoms with E-state index in [0.717, 1.165) is 44.4 Å². The molecule has 5 nitrogen and oxygen atoms in total. The van der Waals surface area contributed by atoms with Gasteiger partial charge < -0.3 is 10.2 Å². The van der Waals surface area contributed by atoms with Crippen LogP contribution in [0.5, 0.6) is 0 Å². The molecule has 2 saturated heterocycles. The lowest BCUT2D eigenvalue weighted by Gasteiger charge is -2.38. The minimum absolute atomic E-state index is 0.0616. The predicted molar refractivity (Wildman–Crippen MR) is 157 cm³/mol. The number of amides is 2. The van der Waals surface area contributed by atoms with Gasteiger partial charge in [-0.3, -0.25) is 14.5 Å². The van der Waals surface area contributed by atoms with Crippen LogP contribution in [0, 0.1) is 23.2 Å². The van der Waals surface area contributed by atoms with Crippen LogP contribution in [-0.4, -0.2) is 71.6 Å². The number of carbonyl (C=O) groups excluding carboxylic acids is 2. The topological polar surface area (TPSA) is 52.7 Å². The van der Waals surface area contributed by atoms with Crippen molar-refractivity contribution in [3.8, 4) is 0 Å². The van der Waals surface area contributed by atoms with Gasteiger partial charge >= 0.3 is 0 Å². The zero-order valence-corrected chi connectivity index (χ0v) is 25.6. The summed E-state index contributed by atoms with van der Waals surface area (Å²) in [4.78, 5) is 30.5. The number of alkyl halides is 2. The van der Waals surface area contributed by atoms with Crippen molar-refractivity contribution in [2.24, 2.45) is 23.2 Å². The fraction of sp³-hybridized carbons (Fsp3) is 0.800. The van der Waals surface area contributed by atoms with Gasteiger partial charge in [0, 0.05) is 36.5 Å². The number of rotatable bonds is 9. The first kappa shape index (κ1) is 32.2. The van der Waals surface area contributed by atoms with Crippen LogP contribution in [0.2, 0.25) is 0 Å². The lowest BCUT2D eigenvalue weighted by Crippen LogP contribution is -2.55. The van der Waals surface area contributed by atoms with E-state index in [4.69, 9.17) is 23.2 Å². The summed E-state index contributed by atoms with van der Waals surface area (Å²) < 4.78 is 0. The molecule has 1 saturated carbocycles. The molecule has 3 fully saturated rings. The van der Waals surface area contributed by atoms with Crippen molar-refractivity contribution in [3.05, 3.63) is 23.8 Å². The molecule has 0 spiro atoms. The maximum absolute atomic E-state index is 13.4. The smallest absolute Gasteiger partial charge is 0.247 e. The third-order valence-electron chi connectivity index (χ3n) is 8.17. The molecular weight excluding hydrogens is 505 g/mol. The maximum Gasteiger partial charge on any atom is 0.247 e. The molecule has 0 aromatic heterocycles. The highest BCUT2D eigenvalue weighted by Crippen LogP contribution is 2.34. The molecule has 1 aliphatic carbocycles. The second kappa shape index (κ2) is 15.5. The summed E-state index contributed by atoms with van der Waals surface area (Å²) in [6.45, 7) is 16.0. The Morgan fingerprint density at radius 1 is 1.03 bits per heavy atom. The molecule has 2 amide bonds. The molecule has 37 heavy (non-hydrogen) atoms. The zero-order valence-electron chi connectivity index (χ0n) is 24.1. The van der Waals surface area contributed by atoms with E-state index in [2.05, 4.69) is 29.3 Å². The Morgan fingerprint density at radius 3 is 2.16 bits per heavy atom. The molecule has 0 aromatic rings. The predicted octanol–water partition coefficient (Wildman–Crippen LogP) is 6.25. The molecule has 1 N–H and O–H groups in total. The number of piperidine rings is 1. The normalized spacial score (nSPS) is 23.5. The summed E-state index contributed by atoms with van der Waals surface area (Å²) >= 11 is 10.1. The molecule has 0 aromatic carbocycles. The van der Waals surface area contributed by atoms with E-state index in [1.54, 1.807) is 13.0 Å². The van der Waals surface area contributed by atoms with E-state index < -0.39 is 6.04 Å². The largest absolute Gasteiger partial charge is 0.340 e. The van der Waals surface area contributed by atoms with Crippen molar-refractivity contribution >= 4 is 35.0 Å². The van der Waals surface area contributed by atoms with Gasteiger partial charge in [-0.1, -0.05) is 45.9 Å². The van der Waals surface area contributed by atoms with Crippen LogP contribution in [0.4, 0.5) is 0 Å². The van der Waals surface area contributed by atoms with Crippen molar-refractivity contribution in [3.63, 3.8) is 0 Å². The Labute approximate surface area is 236 Å². The Hall–Kier alpha value is -1.04. The van der Waals surface area contributed by atoms with E-state index in [-0.39, 0.29) is 17.2 Å². The summed E-state index contributed by atoms with van der Waals surface area (Å²) in [6, 6.07) is -0.0585. The van der Waals surface area contributed by atoms with Crippen LogP contribution < -0.4 is 5.32 Å². The molecule has 3 unspecified atom stereocenters. The van der Waals surface area contributed by atoms with Crippen LogP contribution in [0.25, 0.3) is 0 Å². The average molecular weight is 557 g/mol. The van der Waals surface area contributed by atoms with Crippen molar-refractivity contribution < 1.29 is 9.59 Å². The van der Waals surface area contributed by atoms with Crippen LogP contribution in [0.1, 0.15) is 80.1 Å². The summed E-state index contributed by atoms with van der Waals surface area (Å²) in [7, 11) is 0. The van der Waals surface area contributed by atoms with Crippen molar-refractivity contribution in [2.75, 3.05) is 37.9 Å². The second-order valence-electron chi connectivity index (χ2n) is 12.2. The number of hydrogen-bond donors (Lipinski definition) is 1. The number of likely N-dealkylation sites (tertiary alicyclic amines) is 2. The van der Waals surface area contributed by atoms with E-state index in [1.807, 2.05) is 32.6 Å². The van der Waals surface area contributed by atoms with Gasteiger partial charge in [-0.15, -0.1) is 23.2 Å². The Kier molecular flexibility index (Phi) is 13.5. The quantitative estimate of drug-likeness (QED) is 0.207. The van der Waals surface area contributed by atoms with Gasteiger partial charge in [0.15, 0.2) is 0 Å². The highest BCUT2D eigenvalue weighted by molar-refractivity contribution is 6.25. The fourth-order valence-corrected chi connectivity index (χ4v) is 5.25. The first-order valence-electron chi connectivity index (χ1n) is 14.3. The van der Waals surface area contributed by atoms with Crippen LogP contribution >= 0.6 is 23.2 Å². The van der Waals surface area contributed by atoms with Gasteiger partial charge in [-0.2, -0.15) is 0 Å². The van der Waals surface area contributed by atoms with Crippen LogP contribution in [0.3, 0.4) is 0 Å².